The molecule has 1 amide bonds. The van der Waals surface area contributed by atoms with E-state index in [-0.39, 0.29) is 17.9 Å². The standard InChI is InChI=1S/C9H9FN6O/c10-6-1-2-7(11)8(3-6)13-9(17)4-16-5-12-14-15-16/h1-3,5H,4,11H2,(H,13,17). The average Bonchev–Trinajstić information content (AvgIpc) is 2.76. The predicted molar refractivity (Wildman–Crippen MR) is 57.3 cm³/mol. The number of anilines is 2. The van der Waals surface area contributed by atoms with Gasteiger partial charge in [-0.15, -0.1) is 5.10 Å². The van der Waals surface area contributed by atoms with Crippen LogP contribution in [0.25, 0.3) is 0 Å². The molecule has 2 aromatic rings. The summed E-state index contributed by atoms with van der Waals surface area (Å²) in [6, 6.07) is 3.74. The van der Waals surface area contributed by atoms with Crippen LogP contribution in [0.3, 0.4) is 0 Å². The van der Waals surface area contributed by atoms with Crippen molar-refractivity contribution in [1.29, 1.82) is 0 Å². The molecule has 2 rings (SSSR count). The first-order valence-electron chi connectivity index (χ1n) is 4.71. The fraction of sp³-hybridized carbons (Fsp3) is 0.111. The largest absolute Gasteiger partial charge is 0.397 e. The van der Waals surface area contributed by atoms with E-state index >= 15 is 0 Å². The molecule has 0 saturated heterocycles. The van der Waals surface area contributed by atoms with Gasteiger partial charge in [-0.2, -0.15) is 0 Å². The zero-order valence-corrected chi connectivity index (χ0v) is 8.67. The summed E-state index contributed by atoms with van der Waals surface area (Å²) >= 11 is 0. The minimum Gasteiger partial charge on any atom is -0.397 e. The van der Waals surface area contributed by atoms with Gasteiger partial charge in [0.05, 0.1) is 11.4 Å². The number of nitrogens with one attached hydrogen (secondary N) is 1. The van der Waals surface area contributed by atoms with Crippen LogP contribution in [-0.2, 0) is 11.3 Å². The lowest BCUT2D eigenvalue weighted by Gasteiger charge is -2.07. The van der Waals surface area contributed by atoms with E-state index in [1.54, 1.807) is 0 Å². The van der Waals surface area contributed by atoms with Gasteiger partial charge in [-0.1, -0.05) is 0 Å². The summed E-state index contributed by atoms with van der Waals surface area (Å²) in [4.78, 5) is 11.5. The summed E-state index contributed by atoms with van der Waals surface area (Å²) in [7, 11) is 0. The van der Waals surface area contributed by atoms with E-state index < -0.39 is 11.7 Å². The number of halogens is 1. The topological polar surface area (TPSA) is 98.7 Å². The van der Waals surface area contributed by atoms with Crippen molar-refractivity contribution in [3.8, 4) is 0 Å². The van der Waals surface area contributed by atoms with Crippen LogP contribution in [0.1, 0.15) is 0 Å². The molecule has 0 aliphatic heterocycles. The van der Waals surface area contributed by atoms with Crippen LogP contribution in [0.5, 0.6) is 0 Å². The molecule has 1 aromatic heterocycles. The third-order valence-electron chi connectivity index (χ3n) is 1.99. The highest BCUT2D eigenvalue weighted by atomic mass is 19.1. The average molecular weight is 236 g/mol. The fourth-order valence-electron chi connectivity index (χ4n) is 1.23. The van der Waals surface area contributed by atoms with Crippen molar-refractivity contribution in [2.75, 3.05) is 11.1 Å². The molecule has 0 aliphatic rings. The Labute approximate surface area is 95.4 Å². The fourth-order valence-corrected chi connectivity index (χ4v) is 1.23. The molecule has 88 valence electrons. The molecular formula is C9H9FN6O. The van der Waals surface area contributed by atoms with Crippen LogP contribution < -0.4 is 11.1 Å². The maximum atomic E-state index is 12.9. The molecule has 0 atom stereocenters. The number of nitrogen functional groups attached to an aromatic ring is 1. The third-order valence-corrected chi connectivity index (χ3v) is 1.99. The molecule has 0 aliphatic carbocycles. The van der Waals surface area contributed by atoms with Crippen LogP contribution in [0.4, 0.5) is 15.8 Å². The van der Waals surface area contributed by atoms with Gasteiger partial charge in [-0.05, 0) is 28.6 Å². The van der Waals surface area contributed by atoms with Crippen molar-refractivity contribution in [2.45, 2.75) is 6.54 Å². The Balaban J connectivity index is 2.05. The number of tetrazole rings is 1. The van der Waals surface area contributed by atoms with Gasteiger partial charge in [0.2, 0.25) is 5.91 Å². The quantitative estimate of drug-likeness (QED) is 0.733. The number of hydrogen-bond donors (Lipinski definition) is 2. The van der Waals surface area contributed by atoms with Crippen molar-refractivity contribution in [3.63, 3.8) is 0 Å². The first-order chi connectivity index (χ1) is 8.15. The lowest BCUT2D eigenvalue weighted by atomic mass is 10.2. The zero-order valence-electron chi connectivity index (χ0n) is 8.67. The predicted octanol–water partition coefficient (Wildman–Crippen LogP) is 0.0331. The summed E-state index contributed by atoms with van der Waals surface area (Å²) in [6.07, 6.45) is 1.30. The van der Waals surface area contributed by atoms with E-state index in [1.165, 1.54) is 23.1 Å². The maximum Gasteiger partial charge on any atom is 0.246 e. The van der Waals surface area contributed by atoms with Crippen molar-refractivity contribution in [3.05, 3.63) is 30.3 Å². The monoisotopic (exact) mass is 236 g/mol. The number of carbonyl (C=O) groups excluding carboxylic acids is 1. The second kappa shape index (κ2) is 4.56. The van der Waals surface area contributed by atoms with Gasteiger partial charge >= 0.3 is 0 Å². The normalized spacial score (nSPS) is 10.2. The molecule has 0 saturated carbocycles. The maximum absolute atomic E-state index is 12.9. The molecule has 3 N–H and O–H groups in total. The van der Waals surface area contributed by atoms with E-state index in [2.05, 4.69) is 20.8 Å². The Morgan fingerprint density at radius 1 is 1.53 bits per heavy atom. The van der Waals surface area contributed by atoms with Crippen LogP contribution in [0, 0.1) is 5.82 Å². The van der Waals surface area contributed by atoms with E-state index in [9.17, 15) is 9.18 Å². The molecule has 0 spiro atoms. The number of carbonyl (C=O) groups is 1. The molecule has 0 unspecified atom stereocenters. The SMILES string of the molecule is Nc1ccc(F)cc1NC(=O)Cn1cnnn1. The Bertz CT molecular complexity index is 526. The van der Waals surface area contributed by atoms with Gasteiger partial charge in [0, 0.05) is 0 Å². The van der Waals surface area contributed by atoms with Crippen molar-refractivity contribution in [1.82, 2.24) is 20.2 Å². The Morgan fingerprint density at radius 3 is 3.06 bits per heavy atom. The smallest absolute Gasteiger partial charge is 0.246 e. The number of nitrogens with two attached hydrogens (primary N) is 1. The van der Waals surface area contributed by atoms with Crippen LogP contribution >= 0.6 is 0 Å². The van der Waals surface area contributed by atoms with E-state index in [0.29, 0.717) is 0 Å². The Hall–Kier alpha value is -2.51. The highest BCUT2D eigenvalue weighted by molar-refractivity contribution is 5.93. The summed E-state index contributed by atoms with van der Waals surface area (Å²) in [5.41, 5.74) is 6.10. The Kier molecular flexibility index (Phi) is 2.95. The highest BCUT2D eigenvalue weighted by Crippen LogP contribution is 2.18. The highest BCUT2D eigenvalue weighted by Gasteiger charge is 2.07. The second-order valence-electron chi connectivity index (χ2n) is 3.29. The minimum absolute atomic E-state index is 0.0665. The molecule has 7 nitrogen and oxygen atoms in total. The van der Waals surface area contributed by atoms with Crippen molar-refractivity contribution in [2.24, 2.45) is 0 Å². The van der Waals surface area contributed by atoms with Gasteiger partial charge in [0.25, 0.3) is 0 Å². The number of rotatable bonds is 3. The van der Waals surface area contributed by atoms with Crippen LogP contribution in [0.15, 0.2) is 24.5 Å². The van der Waals surface area contributed by atoms with Crippen LogP contribution in [-0.4, -0.2) is 26.1 Å². The molecule has 0 bridgehead atoms. The van der Waals surface area contributed by atoms with Crippen LogP contribution in [0.2, 0.25) is 0 Å². The number of nitrogens with zero attached hydrogens (tertiary/aromatic N) is 4. The summed E-state index contributed by atoms with van der Waals surface area (Å²) in [5.74, 6) is -0.869. The van der Waals surface area contributed by atoms with Gasteiger partial charge in [-0.25, -0.2) is 9.07 Å². The van der Waals surface area contributed by atoms with Crippen molar-refractivity contribution < 1.29 is 9.18 Å². The lowest BCUT2D eigenvalue weighted by Crippen LogP contribution is -2.20. The zero-order chi connectivity index (χ0) is 12.3. The molecule has 1 aromatic carbocycles. The van der Waals surface area contributed by atoms with E-state index in [1.807, 2.05) is 0 Å². The van der Waals surface area contributed by atoms with Gasteiger partial charge in [0.15, 0.2) is 0 Å². The summed E-state index contributed by atoms with van der Waals surface area (Å²) in [5, 5.41) is 12.8. The summed E-state index contributed by atoms with van der Waals surface area (Å²) < 4.78 is 14.2. The van der Waals surface area contributed by atoms with E-state index in [0.717, 1.165) is 6.07 Å². The molecule has 1 heterocycles. The van der Waals surface area contributed by atoms with Gasteiger partial charge in [-0.3, -0.25) is 4.79 Å². The molecule has 17 heavy (non-hydrogen) atoms. The van der Waals surface area contributed by atoms with E-state index in [4.69, 9.17) is 5.73 Å². The number of amides is 1. The van der Waals surface area contributed by atoms with Crippen molar-refractivity contribution >= 4 is 17.3 Å². The summed E-state index contributed by atoms with van der Waals surface area (Å²) in [6.45, 7) is -0.0665. The minimum atomic E-state index is -0.475. The third kappa shape index (κ3) is 2.74. The second-order valence-corrected chi connectivity index (χ2v) is 3.29. The molecule has 0 fully saturated rings. The number of aromatic nitrogens is 4. The lowest BCUT2D eigenvalue weighted by molar-refractivity contribution is -0.116. The molecular weight excluding hydrogens is 227 g/mol. The molecule has 0 radical (unpaired) electrons. The molecule has 8 heteroatoms. The van der Waals surface area contributed by atoms with Gasteiger partial charge < -0.3 is 11.1 Å². The Morgan fingerprint density at radius 2 is 2.35 bits per heavy atom. The first-order valence-corrected chi connectivity index (χ1v) is 4.71. The first kappa shape index (κ1) is 11.0. The number of hydrogen-bond acceptors (Lipinski definition) is 5. The number of benzene rings is 1. The van der Waals surface area contributed by atoms with Gasteiger partial charge in [0.1, 0.15) is 18.7 Å².